The fourth-order valence-electron chi connectivity index (χ4n) is 3.41. The molecule has 0 aliphatic carbocycles. The number of hydrogen-bond donors (Lipinski definition) is 0. The first kappa shape index (κ1) is 20.3. The quantitative estimate of drug-likeness (QED) is 0.729. The van der Waals surface area contributed by atoms with Crippen LogP contribution in [0.4, 0.5) is 5.69 Å². The lowest BCUT2D eigenvalue weighted by Gasteiger charge is -2.41. The van der Waals surface area contributed by atoms with Crippen LogP contribution in [0.25, 0.3) is 0 Å². The number of anilines is 1. The first-order chi connectivity index (χ1) is 14.0. The first-order valence-corrected chi connectivity index (χ1v) is 9.24. The molecule has 8 heteroatoms. The minimum Gasteiger partial charge on any atom is -0.465 e. The van der Waals surface area contributed by atoms with Gasteiger partial charge in [-0.2, -0.15) is 0 Å². The van der Waals surface area contributed by atoms with Crippen molar-refractivity contribution in [2.24, 2.45) is 0 Å². The fourth-order valence-corrected chi connectivity index (χ4v) is 3.41. The largest absolute Gasteiger partial charge is 0.465 e. The number of piperazine rings is 1. The topological polar surface area (TPSA) is 89.0 Å². The molecule has 2 aromatic rings. The summed E-state index contributed by atoms with van der Waals surface area (Å²) in [6.07, 6.45) is 1.49. The molecule has 1 amide bonds. The molecular formula is C21H23N3O5. The molecule has 0 bridgehead atoms. The molecule has 1 fully saturated rings. The Balaban J connectivity index is 1.73. The maximum absolute atomic E-state index is 13.0. The van der Waals surface area contributed by atoms with Gasteiger partial charge in [0.2, 0.25) is 0 Å². The van der Waals surface area contributed by atoms with Gasteiger partial charge in [-0.05, 0) is 43.3 Å². The summed E-state index contributed by atoms with van der Waals surface area (Å²) >= 11 is 0. The Kier molecular flexibility index (Phi) is 6.11. The number of nitrogens with zero attached hydrogens (tertiary/aromatic N) is 3. The minimum absolute atomic E-state index is 0.0935. The summed E-state index contributed by atoms with van der Waals surface area (Å²) in [5.74, 6) is -1.25. The number of ether oxygens (including phenoxy) is 2. The smallest absolute Gasteiger partial charge is 0.340 e. The Morgan fingerprint density at radius 2 is 1.69 bits per heavy atom. The van der Waals surface area contributed by atoms with Crippen LogP contribution in [0.1, 0.15) is 38.1 Å². The van der Waals surface area contributed by atoms with Crippen molar-refractivity contribution in [1.82, 2.24) is 9.88 Å². The van der Waals surface area contributed by atoms with E-state index in [0.717, 1.165) is 5.69 Å². The number of carbonyl (C=O) groups excluding carboxylic acids is 3. The molecule has 1 aliphatic rings. The number of benzene rings is 1. The first-order valence-electron chi connectivity index (χ1n) is 9.24. The van der Waals surface area contributed by atoms with Crippen molar-refractivity contribution in [2.75, 3.05) is 38.8 Å². The van der Waals surface area contributed by atoms with E-state index in [1.165, 1.54) is 26.5 Å². The summed E-state index contributed by atoms with van der Waals surface area (Å²) in [6, 6.07) is 10.2. The van der Waals surface area contributed by atoms with Gasteiger partial charge in [0.15, 0.2) is 0 Å². The highest BCUT2D eigenvalue weighted by Crippen LogP contribution is 2.22. The summed E-state index contributed by atoms with van der Waals surface area (Å²) in [7, 11) is 2.62. The van der Waals surface area contributed by atoms with Gasteiger partial charge in [-0.1, -0.05) is 0 Å². The van der Waals surface area contributed by atoms with Gasteiger partial charge in [-0.15, -0.1) is 0 Å². The van der Waals surface area contributed by atoms with E-state index >= 15 is 0 Å². The molecule has 3 rings (SSSR count). The van der Waals surface area contributed by atoms with Crippen LogP contribution in [0.2, 0.25) is 0 Å². The molecule has 1 atom stereocenters. The van der Waals surface area contributed by atoms with Gasteiger partial charge in [-0.25, -0.2) is 9.59 Å². The summed E-state index contributed by atoms with van der Waals surface area (Å²) in [4.78, 5) is 44.6. The highest BCUT2D eigenvalue weighted by Gasteiger charge is 2.31. The van der Waals surface area contributed by atoms with E-state index in [1.807, 2.05) is 19.1 Å². The van der Waals surface area contributed by atoms with Crippen LogP contribution in [0.15, 0.2) is 42.6 Å². The third-order valence-electron chi connectivity index (χ3n) is 4.96. The third kappa shape index (κ3) is 4.21. The van der Waals surface area contributed by atoms with Gasteiger partial charge in [-0.3, -0.25) is 9.78 Å². The van der Waals surface area contributed by atoms with E-state index < -0.39 is 5.97 Å². The Morgan fingerprint density at radius 1 is 1.00 bits per heavy atom. The van der Waals surface area contributed by atoms with Crippen molar-refractivity contribution < 1.29 is 23.9 Å². The van der Waals surface area contributed by atoms with Crippen LogP contribution < -0.4 is 4.90 Å². The highest BCUT2D eigenvalue weighted by atomic mass is 16.5. The van der Waals surface area contributed by atoms with Crippen LogP contribution in [-0.2, 0) is 9.47 Å². The third-order valence-corrected chi connectivity index (χ3v) is 4.96. The van der Waals surface area contributed by atoms with Crippen molar-refractivity contribution in [3.63, 3.8) is 0 Å². The summed E-state index contributed by atoms with van der Waals surface area (Å²) in [5, 5.41) is 0. The molecule has 152 valence electrons. The molecule has 0 spiro atoms. The van der Waals surface area contributed by atoms with E-state index in [-0.39, 0.29) is 29.2 Å². The number of pyridine rings is 1. The zero-order chi connectivity index (χ0) is 21.0. The monoisotopic (exact) mass is 397 g/mol. The van der Waals surface area contributed by atoms with Gasteiger partial charge in [0.25, 0.3) is 5.91 Å². The Hall–Kier alpha value is -3.42. The van der Waals surface area contributed by atoms with Crippen LogP contribution in [0.3, 0.4) is 0 Å². The molecule has 8 nitrogen and oxygen atoms in total. The Bertz CT molecular complexity index is 913. The number of aromatic nitrogens is 1. The molecule has 1 aromatic carbocycles. The molecule has 2 heterocycles. The van der Waals surface area contributed by atoms with E-state index in [4.69, 9.17) is 9.47 Å². The van der Waals surface area contributed by atoms with E-state index in [9.17, 15) is 14.4 Å². The van der Waals surface area contributed by atoms with E-state index in [2.05, 4.69) is 9.88 Å². The molecule has 1 aromatic heterocycles. The van der Waals surface area contributed by atoms with Crippen LogP contribution in [-0.4, -0.2) is 67.6 Å². The van der Waals surface area contributed by atoms with Crippen LogP contribution in [0, 0.1) is 0 Å². The van der Waals surface area contributed by atoms with Gasteiger partial charge in [0, 0.05) is 37.6 Å². The second-order valence-electron chi connectivity index (χ2n) is 6.72. The summed E-state index contributed by atoms with van der Waals surface area (Å²) in [6.45, 7) is 3.67. The molecule has 0 saturated carbocycles. The predicted molar refractivity (Wildman–Crippen MR) is 106 cm³/mol. The summed E-state index contributed by atoms with van der Waals surface area (Å²) in [5.41, 5.74) is 1.71. The predicted octanol–water partition coefficient (Wildman–Crippen LogP) is 2.01. The average molecular weight is 397 g/mol. The zero-order valence-electron chi connectivity index (χ0n) is 16.6. The molecule has 0 N–H and O–H groups in total. The SMILES string of the molecule is COC(=O)c1ccc(N2CCN(C(=O)c3ncccc3C(=O)OC)C(C)C2)cc1. The lowest BCUT2D eigenvalue weighted by Crippen LogP contribution is -2.54. The summed E-state index contributed by atoms with van der Waals surface area (Å²) < 4.78 is 9.48. The molecule has 1 saturated heterocycles. The van der Waals surface area contributed by atoms with Crippen LogP contribution >= 0.6 is 0 Å². The maximum Gasteiger partial charge on any atom is 0.340 e. The number of hydrogen-bond acceptors (Lipinski definition) is 7. The molecule has 1 unspecified atom stereocenters. The highest BCUT2D eigenvalue weighted by molar-refractivity contribution is 6.04. The minimum atomic E-state index is -0.585. The average Bonchev–Trinajstić information content (AvgIpc) is 2.77. The van der Waals surface area contributed by atoms with Crippen molar-refractivity contribution in [1.29, 1.82) is 0 Å². The Morgan fingerprint density at radius 3 is 2.31 bits per heavy atom. The maximum atomic E-state index is 13.0. The number of methoxy groups -OCH3 is 2. The molecule has 29 heavy (non-hydrogen) atoms. The van der Waals surface area contributed by atoms with Crippen molar-refractivity contribution in [3.8, 4) is 0 Å². The number of amides is 1. The van der Waals surface area contributed by atoms with E-state index in [0.29, 0.717) is 25.2 Å². The second-order valence-corrected chi connectivity index (χ2v) is 6.72. The molecule has 0 radical (unpaired) electrons. The normalized spacial score (nSPS) is 16.3. The van der Waals surface area contributed by atoms with Gasteiger partial charge < -0.3 is 19.3 Å². The van der Waals surface area contributed by atoms with Crippen molar-refractivity contribution in [3.05, 3.63) is 59.4 Å². The zero-order valence-corrected chi connectivity index (χ0v) is 16.6. The van der Waals surface area contributed by atoms with E-state index in [1.54, 1.807) is 23.1 Å². The standard InChI is InChI=1S/C21H23N3O5/c1-14-13-23(16-8-6-15(7-9-16)20(26)28-2)11-12-24(14)19(25)18-17(21(27)29-3)5-4-10-22-18/h4-10,14H,11-13H2,1-3H3. The molecule has 1 aliphatic heterocycles. The van der Waals surface area contributed by atoms with Gasteiger partial charge in [0.05, 0.1) is 25.3 Å². The second kappa shape index (κ2) is 8.72. The number of rotatable bonds is 4. The number of carbonyl (C=O) groups is 3. The van der Waals surface area contributed by atoms with Gasteiger partial charge in [0.1, 0.15) is 5.69 Å². The number of esters is 2. The van der Waals surface area contributed by atoms with Crippen molar-refractivity contribution in [2.45, 2.75) is 13.0 Å². The lowest BCUT2D eigenvalue weighted by molar-refractivity contribution is 0.0577. The lowest BCUT2D eigenvalue weighted by atomic mass is 10.1. The van der Waals surface area contributed by atoms with Gasteiger partial charge >= 0.3 is 11.9 Å². The van der Waals surface area contributed by atoms with Crippen LogP contribution in [0.5, 0.6) is 0 Å². The van der Waals surface area contributed by atoms with Crippen molar-refractivity contribution >= 4 is 23.5 Å². The fraction of sp³-hybridized carbons (Fsp3) is 0.333. The Labute approximate surface area is 169 Å². The molecular weight excluding hydrogens is 374 g/mol.